The molecular weight excluding hydrogens is 208 g/mol. The zero-order chi connectivity index (χ0) is 10.8. The third kappa shape index (κ3) is 2.04. The predicted octanol–water partition coefficient (Wildman–Crippen LogP) is -0.506. The zero-order valence-electron chi connectivity index (χ0n) is 6.95. The molecular formula is C8H8O5S. The Balaban J connectivity index is 3.79. The van der Waals surface area contributed by atoms with E-state index in [1.807, 2.05) is 0 Å². The van der Waals surface area contributed by atoms with Crippen LogP contribution in [-0.2, 0) is 10.1 Å². The third-order valence-electron chi connectivity index (χ3n) is 1.57. The Bertz CT molecular complexity index is 543. The van der Waals surface area contributed by atoms with Crippen molar-refractivity contribution < 1.29 is 23.2 Å². The molecule has 0 aromatic heterocycles. The summed E-state index contributed by atoms with van der Waals surface area (Å²) in [5.41, 5.74) is 0. The van der Waals surface area contributed by atoms with E-state index in [0.717, 1.165) is 0 Å². The molecule has 0 spiro atoms. The Morgan fingerprint density at radius 3 is 2.36 bits per heavy atom. The van der Waals surface area contributed by atoms with Gasteiger partial charge in [0, 0.05) is 10.4 Å². The van der Waals surface area contributed by atoms with Crippen molar-refractivity contribution in [3.63, 3.8) is 0 Å². The Morgan fingerprint density at radius 2 is 1.86 bits per heavy atom. The fourth-order valence-electron chi connectivity index (χ4n) is 0.943. The van der Waals surface area contributed by atoms with Crippen LogP contribution >= 0.6 is 0 Å². The van der Waals surface area contributed by atoms with Crippen LogP contribution < -0.4 is 10.4 Å². The molecule has 0 heterocycles. The molecule has 14 heavy (non-hydrogen) atoms. The first-order valence-electron chi connectivity index (χ1n) is 3.57. The van der Waals surface area contributed by atoms with Crippen LogP contribution in [0.3, 0.4) is 0 Å². The van der Waals surface area contributed by atoms with E-state index in [-0.39, 0.29) is 10.4 Å². The summed E-state index contributed by atoms with van der Waals surface area (Å²) in [6, 6.07) is 5.65. The molecule has 0 saturated carbocycles. The molecule has 1 aromatic carbocycles. The molecule has 0 aliphatic carbocycles. The maximum atomic E-state index is 10.6. The maximum absolute atomic E-state index is 10.6. The maximum Gasteiger partial charge on any atom is 0.328 e. The first kappa shape index (κ1) is 10.6. The van der Waals surface area contributed by atoms with E-state index in [2.05, 4.69) is 0 Å². The minimum Gasteiger partial charge on any atom is -0.515 e. The summed E-state index contributed by atoms with van der Waals surface area (Å²) < 4.78 is 29.7. The van der Waals surface area contributed by atoms with Gasteiger partial charge in [0.15, 0.2) is 0 Å². The molecule has 76 valence electrons. The summed E-state index contributed by atoms with van der Waals surface area (Å²) in [6.07, 6.45) is 0.636. The highest BCUT2D eigenvalue weighted by Crippen LogP contribution is 1.95. The van der Waals surface area contributed by atoms with Gasteiger partial charge in [0.25, 0.3) is 0 Å². The molecule has 0 radical (unpaired) electrons. The predicted molar refractivity (Wildman–Crippen MR) is 50.4 cm³/mol. The van der Waals surface area contributed by atoms with Gasteiger partial charge in [-0.1, -0.05) is 18.2 Å². The van der Waals surface area contributed by atoms with Gasteiger partial charge in [0.05, 0.1) is 6.26 Å². The van der Waals surface area contributed by atoms with Gasteiger partial charge in [-0.3, -0.25) is 4.55 Å². The molecule has 0 atom stereocenters. The van der Waals surface area contributed by atoms with Crippen molar-refractivity contribution in [1.82, 2.24) is 0 Å². The van der Waals surface area contributed by atoms with Crippen molar-refractivity contribution in [2.24, 2.45) is 0 Å². The molecule has 0 bridgehead atoms. The molecule has 0 saturated heterocycles. The molecule has 5 nitrogen and oxygen atoms in total. The topological polar surface area (TPSA) is 94.8 Å². The van der Waals surface area contributed by atoms with Crippen LogP contribution in [0.2, 0.25) is 0 Å². The van der Waals surface area contributed by atoms with Crippen molar-refractivity contribution in [1.29, 1.82) is 0 Å². The molecule has 0 fully saturated rings. The minimum absolute atomic E-state index is 0.0997. The van der Waals surface area contributed by atoms with Gasteiger partial charge < -0.3 is 10.2 Å². The largest absolute Gasteiger partial charge is 0.515 e. The van der Waals surface area contributed by atoms with Crippen molar-refractivity contribution in [3.05, 3.63) is 34.7 Å². The molecule has 0 aliphatic rings. The van der Waals surface area contributed by atoms with Crippen molar-refractivity contribution >= 4 is 21.5 Å². The first-order valence-corrected chi connectivity index (χ1v) is 5.01. The average Bonchev–Trinajstić information content (AvgIpc) is 2.15. The molecule has 1 aromatic rings. The number of aliphatic hydroxyl groups excluding tert-OH is 2. The fraction of sp³-hybridized carbons (Fsp3) is 0. The summed E-state index contributed by atoms with van der Waals surface area (Å²) in [7, 11) is -4.65. The lowest BCUT2D eigenvalue weighted by Crippen LogP contribution is -2.28. The van der Waals surface area contributed by atoms with Gasteiger partial charge in [0.1, 0.15) is 0 Å². The molecule has 0 unspecified atom stereocenters. The molecule has 0 amide bonds. The van der Waals surface area contributed by atoms with Gasteiger partial charge in [-0.15, -0.1) is 0 Å². The Kier molecular flexibility index (Phi) is 2.78. The van der Waals surface area contributed by atoms with Gasteiger partial charge in [-0.2, -0.15) is 8.42 Å². The monoisotopic (exact) mass is 216 g/mol. The van der Waals surface area contributed by atoms with E-state index in [0.29, 0.717) is 6.26 Å². The van der Waals surface area contributed by atoms with Crippen LogP contribution in [0, 0.1) is 0 Å². The van der Waals surface area contributed by atoms with Crippen LogP contribution in [0.5, 0.6) is 0 Å². The van der Waals surface area contributed by atoms with Gasteiger partial charge in [0.2, 0.25) is 5.09 Å². The SMILES string of the molecule is O=S(=O)(O)C(O)=c1ccccc1=CO. The van der Waals surface area contributed by atoms with E-state index in [1.165, 1.54) is 18.2 Å². The molecule has 0 aliphatic heterocycles. The van der Waals surface area contributed by atoms with E-state index in [1.54, 1.807) is 6.07 Å². The number of benzene rings is 1. The van der Waals surface area contributed by atoms with E-state index in [9.17, 15) is 8.42 Å². The van der Waals surface area contributed by atoms with E-state index < -0.39 is 15.2 Å². The lowest BCUT2D eigenvalue weighted by Gasteiger charge is -1.94. The summed E-state index contributed by atoms with van der Waals surface area (Å²) in [5, 5.41) is 16.6. The highest BCUT2D eigenvalue weighted by Gasteiger charge is 2.12. The second-order valence-electron chi connectivity index (χ2n) is 2.50. The number of rotatable bonds is 1. The smallest absolute Gasteiger partial charge is 0.328 e. The van der Waals surface area contributed by atoms with Gasteiger partial charge in [-0.25, -0.2) is 0 Å². The normalized spacial score (nSPS) is 15.4. The van der Waals surface area contributed by atoms with Crippen molar-refractivity contribution in [2.75, 3.05) is 0 Å². The number of hydrogen-bond donors (Lipinski definition) is 3. The van der Waals surface area contributed by atoms with E-state index >= 15 is 0 Å². The highest BCUT2D eigenvalue weighted by molar-refractivity contribution is 7.94. The van der Waals surface area contributed by atoms with E-state index in [4.69, 9.17) is 14.8 Å². The van der Waals surface area contributed by atoms with Crippen LogP contribution in [0.25, 0.3) is 11.4 Å². The lowest BCUT2D eigenvalue weighted by atomic mass is 10.2. The summed E-state index contributed by atoms with van der Waals surface area (Å²) >= 11 is 0. The first-order chi connectivity index (χ1) is 6.46. The third-order valence-corrected chi connectivity index (χ3v) is 2.28. The van der Waals surface area contributed by atoms with Crippen LogP contribution in [-0.4, -0.2) is 23.2 Å². The zero-order valence-corrected chi connectivity index (χ0v) is 7.77. The highest BCUT2D eigenvalue weighted by atomic mass is 32.2. The van der Waals surface area contributed by atoms with Gasteiger partial charge >= 0.3 is 10.1 Å². The quantitative estimate of drug-likeness (QED) is 0.550. The number of aliphatic hydroxyl groups is 2. The number of hydrogen-bond acceptors (Lipinski definition) is 4. The second kappa shape index (κ2) is 3.69. The summed E-state index contributed by atoms with van der Waals surface area (Å²) in [5.74, 6) is 0. The van der Waals surface area contributed by atoms with Crippen LogP contribution in [0.15, 0.2) is 24.3 Å². The lowest BCUT2D eigenvalue weighted by molar-refractivity contribution is 0.455. The van der Waals surface area contributed by atoms with Crippen molar-refractivity contribution in [3.8, 4) is 0 Å². The molecule has 3 N–H and O–H groups in total. The average molecular weight is 216 g/mol. The van der Waals surface area contributed by atoms with Crippen LogP contribution in [0.4, 0.5) is 0 Å². The van der Waals surface area contributed by atoms with Crippen molar-refractivity contribution in [2.45, 2.75) is 0 Å². The van der Waals surface area contributed by atoms with Crippen LogP contribution in [0.1, 0.15) is 0 Å². The summed E-state index contributed by atoms with van der Waals surface area (Å²) in [6.45, 7) is 0. The molecule has 1 rings (SSSR count). The Hall–Kier alpha value is -1.53. The Labute approximate surface area is 80.0 Å². The minimum atomic E-state index is -4.65. The molecule has 6 heteroatoms. The standard InChI is InChI=1S/C8H8O5S/c9-5-6-3-1-2-4-7(6)8(10)14(11,12)13/h1-5,9-10H,(H,11,12,13). The fourth-order valence-corrected chi connectivity index (χ4v) is 1.41. The summed E-state index contributed by atoms with van der Waals surface area (Å²) in [4.78, 5) is 0. The Morgan fingerprint density at radius 1 is 1.29 bits per heavy atom. The van der Waals surface area contributed by atoms with Gasteiger partial charge in [-0.05, 0) is 6.07 Å². The second-order valence-corrected chi connectivity index (χ2v) is 3.83.